The molecule has 4 nitrogen and oxygen atoms in total. The molecule has 1 aliphatic rings. The molecule has 70 valence electrons. The summed E-state index contributed by atoms with van der Waals surface area (Å²) in [6.45, 7) is 2.69. The molecular weight excluding hydrogens is 154 g/mol. The van der Waals surface area contributed by atoms with Crippen molar-refractivity contribution in [3.8, 4) is 0 Å². The Morgan fingerprint density at radius 3 is 2.67 bits per heavy atom. The van der Waals surface area contributed by atoms with Crippen LogP contribution in [0.2, 0.25) is 0 Å². The fourth-order valence-corrected chi connectivity index (χ4v) is 1.39. The summed E-state index contributed by atoms with van der Waals surface area (Å²) in [6, 6.07) is 0.528. The third-order valence-corrected chi connectivity index (χ3v) is 2.32. The second-order valence-corrected chi connectivity index (χ2v) is 3.32. The number of nitrogens with two attached hydrogens (primary N) is 1. The fraction of sp³-hybridized carbons (Fsp3) is 0.875. The zero-order valence-corrected chi connectivity index (χ0v) is 7.45. The molecule has 0 spiro atoms. The molecule has 0 saturated heterocycles. The number of rotatable bonds is 5. The molecule has 4 heteroatoms. The van der Waals surface area contributed by atoms with Crippen molar-refractivity contribution in [2.45, 2.75) is 31.8 Å². The Kier molecular flexibility index (Phi) is 3.05. The van der Waals surface area contributed by atoms with E-state index in [4.69, 9.17) is 16.2 Å². The molecule has 1 fully saturated rings. The lowest BCUT2D eigenvalue weighted by molar-refractivity contribution is 0.176. The van der Waals surface area contributed by atoms with Crippen LogP contribution >= 0.6 is 0 Å². The average Bonchev–Trinajstić information content (AvgIpc) is 2.81. The number of aliphatic hydroxyl groups excluding tert-OH is 1. The van der Waals surface area contributed by atoms with Gasteiger partial charge in [0.25, 0.3) is 0 Å². The molecule has 0 bridgehead atoms. The van der Waals surface area contributed by atoms with Gasteiger partial charge in [-0.25, -0.2) is 0 Å². The van der Waals surface area contributed by atoms with Crippen LogP contribution in [0.25, 0.3) is 0 Å². The summed E-state index contributed by atoms with van der Waals surface area (Å²) in [7, 11) is 0. The number of amidine groups is 1. The Balaban J connectivity index is 2.45. The first-order valence-electron chi connectivity index (χ1n) is 4.37. The van der Waals surface area contributed by atoms with Gasteiger partial charge in [0, 0.05) is 12.6 Å². The van der Waals surface area contributed by atoms with Crippen molar-refractivity contribution in [1.82, 2.24) is 4.90 Å². The zero-order valence-electron chi connectivity index (χ0n) is 7.45. The van der Waals surface area contributed by atoms with Gasteiger partial charge >= 0.3 is 0 Å². The van der Waals surface area contributed by atoms with Crippen molar-refractivity contribution >= 4 is 5.84 Å². The second-order valence-electron chi connectivity index (χ2n) is 3.32. The first kappa shape index (κ1) is 9.48. The van der Waals surface area contributed by atoms with Gasteiger partial charge in [-0.05, 0) is 19.8 Å². The van der Waals surface area contributed by atoms with Crippen LogP contribution in [-0.4, -0.2) is 41.1 Å². The van der Waals surface area contributed by atoms with E-state index in [0.29, 0.717) is 12.6 Å². The van der Waals surface area contributed by atoms with E-state index >= 15 is 0 Å². The summed E-state index contributed by atoms with van der Waals surface area (Å²) in [5.41, 5.74) is 5.39. The standard InChI is InChI=1S/C8H17N3O/c1-6(8(9)10)11(4-5-12)7-2-3-7/h6-7,12H,2-5H2,1H3,(H3,9,10). The summed E-state index contributed by atoms with van der Waals surface area (Å²) in [4.78, 5) is 2.10. The summed E-state index contributed by atoms with van der Waals surface area (Å²) in [5.74, 6) is 0.190. The highest BCUT2D eigenvalue weighted by Gasteiger charge is 2.32. The molecule has 0 aliphatic heterocycles. The highest BCUT2D eigenvalue weighted by atomic mass is 16.3. The van der Waals surface area contributed by atoms with E-state index in [1.165, 1.54) is 12.8 Å². The van der Waals surface area contributed by atoms with Gasteiger partial charge in [0.15, 0.2) is 0 Å². The minimum atomic E-state index is -0.0235. The van der Waals surface area contributed by atoms with Gasteiger partial charge in [0.2, 0.25) is 0 Å². The van der Waals surface area contributed by atoms with E-state index in [0.717, 1.165) is 0 Å². The van der Waals surface area contributed by atoms with Crippen molar-refractivity contribution in [3.63, 3.8) is 0 Å². The first-order chi connectivity index (χ1) is 5.66. The molecule has 1 rings (SSSR count). The molecule has 0 aromatic carbocycles. The Hall–Kier alpha value is -0.610. The molecule has 1 aliphatic carbocycles. The number of nitrogens with one attached hydrogen (secondary N) is 1. The number of hydrogen-bond donors (Lipinski definition) is 3. The van der Waals surface area contributed by atoms with E-state index in [1.54, 1.807) is 0 Å². The molecule has 0 aromatic heterocycles. The molecule has 0 heterocycles. The largest absolute Gasteiger partial charge is 0.395 e. The maximum absolute atomic E-state index is 8.79. The van der Waals surface area contributed by atoms with Crippen molar-refractivity contribution < 1.29 is 5.11 Å². The summed E-state index contributed by atoms with van der Waals surface area (Å²) in [5, 5.41) is 16.1. The molecule has 4 N–H and O–H groups in total. The van der Waals surface area contributed by atoms with Gasteiger partial charge in [-0.1, -0.05) is 0 Å². The molecule has 0 radical (unpaired) electrons. The second kappa shape index (κ2) is 3.87. The Morgan fingerprint density at radius 1 is 1.75 bits per heavy atom. The third-order valence-electron chi connectivity index (χ3n) is 2.32. The third kappa shape index (κ3) is 2.19. The van der Waals surface area contributed by atoms with E-state index in [9.17, 15) is 0 Å². The van der Waals surface area contributed by atoms with Crippen molar-refractivity contribution in [3.05, 3.63) is 0 Å². The van der Waals surface area contributed by atoms with Crippen LogP contribution in [0.1, 0.15) is 19.8 Å². The maximum Gasteiger partial charge on any atom is 0.108 e. The minimum Gasteiger partial charge on any atom is -0.395 e. The molecule has 1 atom stereocenters. The lowest BCUT2D eigenvalue weighted by Gasteiger charge is -2.27. The Morgan fingerprint density at radius 2 is 2.33 bits per heavy atom. The minimum absolute atomic E-state index is 0.0235. The number of hydrogen-bond acceptors (Lipinski definition) is 3. The average molecular weight is 171 g/mol. The van der Waals surface area contributed by atoms with Crippen LogP contribution in [0.3, 0.4) is 0 Å². The number of nitrogens with zero attached hydrogens (tertiary/aromatic N) is 1. The highest BCUT2D eigenvalue weighted by Crippen LogP contribution is 2.28. The lowest BCUT2D eigenvalue weighted by atomic mass is 10.2. The van der Waals surface area contributed by atoms with Gasteiger partial charge in [-0.3, -0.25) is 10.3 Å². The van der Waals surface area contributed by atoms with E-state index in [2.05, 4.69) is 4.90 Å². The molecule has 0 amide bonds. The predicted octanol–water partition coefficient (Wildman–Crippen LogP) is -0.232. The molecule has 0 aromatic rings. The molecular formula is C8H17N3O. The lowest BCUT2D eigenvalue weighted by Crippen LogP contribution is -2.44. The SMILES string of the molecule is CC(C(=N)N)N(CCO)C1CC1. The molecule has 1 saturated carbocycles. The monoisotopic (exact) mass is 171 g/mol. The summed E-state index contributed by atoms with van der Waals surface area (Å²) in [6.07, 6.45) is 2.36. The maximum atomic E-state index is 8.79. The van der Waals surface area contributed by atoms with Crippen molar-refractivity contribution in [2.24, 2.45) is 5.73 Å². The van der Waals surface area contributed by atoms with Gasteiger partial charge in [-0.15, -0.1) is 0 Å². The first-order valence-corrected chi connectivity index (χ1v) is 4.37. The van der Waals surface area contributed by atoms with E-state index in [1.807, 2.05) is 6.92 Å². The van der Waals surface area contributed by atoms with E-state index in [-0.39, 0.29) is 18.5 Å². The molecule has 12 heavy (non-hydrogen) atoms. The fourth-order valence-electron chi connectivity index (χ4n) is 1.39. The Labute approximate surface area is 72.9 Å². The normalized spacial score (nSPS) is 19.6. The van der Waals surface area contributed by atoms with Crippen molar-refractivity contribution in [2.75, 3.05) is 13.2 Å². The molecule has 1 unspecified atom stereocenters. The van der Waals surface area contributed by atoms with Crippen LogP contribution in [0.5, 0.6) is 0 Å². The van der Waals surface area contributed by atoms with Crippen LogP contribution < -0.4 is 5.73 Å². The Bertz CT molecular complexity index is 168. The zero-order chi connectivity index (χ0) is 9.14. The topological polar surface area (TPSA) is 73.3 Å². The summed E-state index contributed by atoms with van der Waals surface area (Å²) >= 11 is 0. The predicted molar refractivity (Wildman–Crippen MR) is 48.2 cm³/mol. The van der Waals surface area contributed by atoms with Crippen LogP contribution in [0, 0.1) is 5.41 Å². The van der Waals surface area contributed by atoms with E-state index < -0.39 is 0 Å². The smallest absolute Gasteiger partial charge is 0.108 e. The highest BCUT2D eigenvalue weighted by molar-refractivity contribution is 5.82. The number of aliphatic hydroxyl groups is 1. The van der Waals surface area contributed by atoms with Crippen LogP contribution in [0.4, 0.5) is 0 Å². The quantitative estimate of drug-likeness (QED) is 0.395. The summed E-state index contributed by atoms with van der Waals surface area (Å²) < 4.78 is 0. The van der Waals surface area contributed by atoms with Gasteiger partial charge in [-0.2, -0.15) is 0 Å². The van der Waals surface area contributed by atoms with Crippen LogP contribution in [-0.2, 0) is 0 Å². The van der Waals surface area contributed by atoms with Crippen molar-refractivity contribution in [1.29, 1.82) is 5.41 Å². The van der Waals surface area contributed by atoms with Gasteiger partial charge in [0.1, 0.15) is 5.84 Å². The van der Waals surface area contributed by atoms with Gasteiger partial charge < -0.3 is 10.8 Å². The van der Waals surface area contributed by atoms with Crippen LogP contribution in [0.15, 0.2) is 0 Å². The van der Waals surface area contributed by atoms with Gasteiger partial charge in [0.05, 0.1) is 12.6 Å².